The number of ketones is 1. The second-order valence-electron chi connectivity index (χ2n) is 4.16. The third-order valence-corrected chi connectivity index (χ3v) is 3.06. The smallest absolute Gasteiger partial charge is 0.295 e. The van der Waals surface area contributed by atoms with Gasteiger partial charge in [0.15, 0.2) is 0 Å². The van der Waals surface area contributed by atoms with Crippen LogP contribution in [0.15, 0.2) is 30.5 Å². The number of pyridine rings is 1. The van der Waals surface area contributed by atoms with E-state index in [1.165, 1.54) is 19.2 Å². The summed E-state index contributed by atoms with van der Waals surface area (Å²) in [6.45, 7) is 3.30. The van der Waals surface area contributed by atoms with Crippen LogP contribution in [0.2, 0.25) is 0 Å². The number of non-ortho nitro benzene ring substituents is 1. The average Bonchev–Trinajstić information content (AvgIpc) is 2.36. The maximum absolute atomic E-state index is 11.5. The van der Waals surface area contributed by atoms with Crippen molar-refractivity contribution < 1.29 is 9.72 Å². The molecular weight excluding hydrogens is 232 g/mol. The monoisotopic (exact) mass is 244 g/mol. The molecule has 1 aromatic heterocycles. The molecule has 0 aliphatic rings. The minimum absolute atomic E-state index is 0.0222. The molecule has 0 bridgehead atoms. The Bertz CT molecular complexity index is 637. The molecule has 1 unspecified atom stereocenters. The normalized spacial score (nSPS) is 12.3. The van der Waals surface area contributed by atoms with Crippen LogP contribution in [-0.2, 0) is 4.79 Å². The van der Waals surface area contributed by atoms with Crippen LogP contribution < -0.4 is 0 Å². The molecular formula is C13H12N2O3. The molecule has 0 fully saturated rings. The fraction of sp³-hybridized carbons (Fsp3) is 0.231. The second-order valence-corrected chi connectivity index (χ2v) is 4.16. The zero-order chi connectivity index (χ0) is 13.3. The van der Waals surface area contributed by atoms with Crippen molar-refractivity contribution in [2.75, 3.05) is 0 Å². The molecule has 0 radical (unpaired) electrons. The fourth-order valence-electron chi connectivity index (χ4n) is 1.93. The molecule has 0 spiro atoms. The van der Waals surface area contributed by atoms with Crippen LogP contribution in [0.3, 0.4) is 0 Å². The zero-order valence-electron chi connectivity index (χ0n) is 10.1. The van der Waals surface area contributed by atoms with Crippen molar-refractivity contribution in [3.8, 4) is 0 Å². The Morgan fingerprint density at radius 2 is 2.11 bits per heavy atom. The van der Waals surface area contributed by atoms with Crippen LogP contribution >= 0.6 is 0 Å². The van der Waals surface area contributed by atoms with Gasteiger partial charge in [-0.25, -0.2) is 4.98 Å². The first-order valence-corrected chi connectivity index (χ1v) is 5.55. The number of hydrogen-bond acceptors (Lipinski definition) is 4. The Kier molecular flexibility index (Phi) is 3.06. The number of fused-ring (bicyclic) bond motifs is 1. The fourth-order valence-corrected chi connectivity index (χ4v) is 1.93. The molecule has 5 nitrogen and oxygen atoms in total. The van der Waals surface area contributed by atoms with Gasteiger partial charge in [-0.05, 0) is 18.6 Å². The van der Waals surface area contributed by atoms with Crippen molar-refractivity contribution >= 4 is 22.4 Å². The van der Waals surface area contributed by atoms with E-state index >= 15 is 0 Å². The number of carbonyl (C=O) groups excluding carboxylic acids is 1. The first-order valence-electron chi connectivity index (χ1n) is 5.55. The molecule has 0 amide bonds. The van der Waals surface area contributed by atoms with Gasteiger partial charge >= 0.3 is 0 Å². The Hall–Kier alpha value is -2.30. The van der Waals surface area contributed by atoms with Crippen molar-refractivity contribution in [2.24, 2.45) is 0 Å². The SMILES string of the molecule is CC(=O)C(C)c1ccnc2c([N+](=O)[O-])cccc12. The lowest BCUT2D eigenvalue weighted by molar-refractivity contribution is -0.383. The van der Waals surface area contributed by atoms with Gasteiger partial charge in [0.05, 0.1) is 4.92 Å². The van der Waals surface area contributed by atoms with Gasteiger partial charge in [-0.15, -0.1) is 0 Å². The summed E-state index contributed by atoms with van der Waals surface area (Å²) in [5.41, 5.74) is 1.06. The molecule has 0 aliphatic heterocycles. The molecule has 1 atom stereocenters. The summed E-state index contributed by atoms with van der Waals surface area (Å²) in [6, 6.07) is 6.51. The number of benzene rings is 1. The summed E-state index contributed by atoms with van der Waals surface area (Å²) >= 11 is 0. The van der Waals surface area contributed by atoms with Crippen LogP contribution in [0.4, 0.5) is 5.69 Å². The lowest BCUT2D eigenvalue weighted by Gasteiger charge is -2.10. The van der Waals surface area contributed by atoms with Gasteiger partial charge in [-0.3, -0.25) is 14.9 Å². The maximum Gasteiger partial charge on any atom is 0.295 e. The summed E-state index contributed by atoms with van der Waals surface area (Å²) in [7, 11) is 0. The maximum atomic E-state index is 11.5. The van der Waals surface area contributed by atoms with Crippen LogP contribution in [0.25, 0.3) is 10.9 Å². The Morgan fingerprint density at radius 1 is 1.39 bits per heavy atom. The minimum atomic E-state index is -0.461. The van der Waals surface area contributed by atoms with E-state index < -0.39 is 4.92 Å². The molecule has 0 N–H and O–H groups in total. The molecule has 1 aromatic carbocycles. The Balaban J connectivity index is 2.75. The van der Waals surface area contributed by atoms with Gasteiger partial charge in [0.25, 0.3) is 5.69 Å². The highest BCUT2D eigenvalue weighted by Gasteiger charge is 2.18. The van der Waals surface area contributed by atoms with Crippen LogP contribution in [-0.4, -0.2) is 15.7 Å². The lowest BCUT2D eigenvalue weighted by atomic mass is 9.94. The molecule has 2 rings (SSSR count). The molecule has 0 saturated heterocycles. The molecule has 5 heteroatoms. The third-order valence-electron chi connectivity index (χ3n) is 3.06. The molecule has 0 saturated carbocycles. The number of carbonyl (C=O) groups is 1. The summed E-state index contributed by atoms with van der Waals surface area (Å²) < 4.78 is 0. The molecule has 0 aliphatic carbocycles. The Morgan fingerprint density at radius 3 is 2.72 bits per heavy atom. The highest BCUT2D eigenvalue weighted by atomic mass is 16.6. The van der Waals surface area contributed by atoms with Gasteiger partial charge in [-0.1, -0.05) is 19.1 Å². The first kappa shape index (κ1) is 12.2. The van der Waals surface area contributed by atoms with Gasteiger partial charge in [-0.2, -0.15) is 0 Å². The van der Waals surface area contributed by atoms with Gasteiger partial charge < -0.3 is 0 Å². The highest BCUT2D eigenvalue weighted by Crippen LogP contribution is 2.29. The molecule has 2 aromatic rings. The zero-order valence-corrected chi connectivity index (χ0v) is 10.1. The topological polar surface area (TPSA) is 73.1 Å². The number of hydrogen-bond donors (Lipinski definition) is 0. The van der Waals surface area contributed by atoms with E-state index in [4.69, 9.17) is 0 Å². The number of aromatic nitrogens is 1. The molecule has 1 heterocycles. The van der Waals surface area contributed by atoms with Crippen LogP contribution in [0, 0.1) is 10.1 Å². The average molecular weight is 244 g/mol. The number of nitro benzene ring substituents is 1. The van der Waals surface area contributed by atoms with Crippen molar-refractivity contribution in [3.63, 3.8) is 0 Å². The van der Waals surface area contributed by atoms with E-state index in [1.807, 2.05) is 0 Å². The van der Waals surface area contributed by atoms with Gasteiger partial charge in [0.1, 0.15) is 11.3 Å². The summed E-state index contributed by atoms with van der Waals surface area (Å²) in [5.74, 6) is -0.272. The Labute approximate surface area is 104 Å². The minimum Gasteiger partial charge on any atom is -0.299 e. The van der Waals surface area contributed by atoms with Crippen molar-refractivity contribution in [3.05, 3.63) is 46.1 Å². The van der Waals surface area contributed by atoms with E-state index in [-0.39, 0.29) is 17.4 Å². The standard InChI is InChI=1S/C13H12N2O3/c1-8(9(2)16)10-6-7-14-13-11(10)4-3-5-12(13)15(17)18/h3-8H,1-2H3. The van der Waals surface area contributed by atoms with Gasteiger partial charge in [0, 0.05) is 23.6 Å². The lowest BCUT2D eigenvalue weighted by Crippen LogP contribution is -2.05. The summed E-state index contributed by atoms with van der Waals surface area (Å²) in [6.07, 6.45) is 1.50. The van der Waals surface area contributed by atoms with E-state index in [1.54, 1.807) is 25.1 Å². The summed E-state index contributed by atoms with van der Waals surface area (Å²) in [4.78, 5) is 26.0. The predicted molar refractivity (Wildman–Crippen MR) is 67.5 cm³/mol. The largest absolute Gasteiger partial charge is 0.299 e. The number of nitro groups is 1. The molecule has 92 valence electrons. The highest BCUT2D eigenvalue weighted by molar-refractivity contribution is 5.94. The van der Waals surface area contributed by atoms with E-state index in [0.717, 1.165) is 5.56 Å². The number of rotatable bonds is 3. The van der Waals surface area contributed by atoms with Crippen LogP contribution in [0.5, 0.6) is 0 Å². The number of para-hydroxylation sites is 1. The summed E-state index contributed by atoms with van der Waals surface area (Å²) in [5, 5.41) is 11.6. The van der Waals surface area contributed by atoms with E-state index in [2.05, 4.69) is 4.98 Å². The second kappa shape index (κ2) is 4.52. The van der Waals surface area contributed by atoms with Crippen molar-refractivity contribution in [2.45, 2.75) is 19.8 Å². The number of Topliss-reactive ketones (excluding diaryl/α,β-unsaturated/α-hetero) is 1. The van der Waals surface area contributed by atoms with Crippen LogP contribution in [0.1, 0.15) is 25.3 Å². The number of nitrogens with zero attached hydrogens (tertiary/aromatic N) is 2. The van der Waals surface area contributed by atoms with Gasteiger partial charge in [0.2, 0.25) is 0 Å². The predicted octanol–water partition coefficient (Wildman–Crippen LogP) is 2.84. The van der Waals surface area contributed by atoms with E-state index in [0.29, 0.717) is 10.9 Å². The van der Waals surface area contributed by atoms with Crippen molar-refractivity contribution in [1.82, 2.24) is 4.98 Å². The van der Waals surface area contributed by atoms with E-state index in [9.17, 15) is 14.9 Å². The quantitative estimate of drug-likeness (QED) is 0.614. The third kappa shape index (κ3) is 1.95. The molecule has 18 heavy (non-hydrogen) atoms. The first-order chi connectivity index (χ1) is 8.52. The van der Waals surface area contributed by atoms with Crippen molar-refractivity contribution in [1.29, 1.82) is 0 Å².